The maximum absolute atomic E-state index is 13.6. The fourth-order valence-corrected chi connectivity index (χ4v) is 4.06. The molecule has 1 aromatic heterocycles. The number of para-hydroxylation sites is 1. The van der Waals surface area contributed by atoms with Crippen LogP contribution in [0.4, 0.5) is 8.78 Å². The molecule has 0 spiro atoms. The van der Waals surface area contributed by atoms with Crippen molar-refractivity contribution in [3.05, 3.63) is 107 Å². The molecule has 4 aromatic rings. The molecule has 0 radical (unpaired) electrons. The van der Waals surface area contributed by atoms with Gasteiger partial charge in [-0.3, -0.25) is 4.79 Å². The van der Waals surface area contributed by atoms with Crippen molar-refractivity contribution in [2.45, 2.75) is 38.8 Å². The lowest BCUT2D eigenvalue weighted by atomic mass is 10.1. The van der Waals surface area contributed by atoms with Crippen LogP contribution in [-0.4, -0.2) is 26.6 Å². The molecule has 0 atom stereocenters. The zero-order valence-corrected chi connectivity index (χ0v) is 19.3. The number of carbonyl (C=O) groups is 1. The molecule has 0 saturated heterocycles. The Morgan fingerprint density at radius 2 is 1.60 bits per heavy atom. The second-order valence-electron chi connectivity index (χ2n) is 8.56. The van der Waals surface area contributed by atoms with Gasteiger partial charge in [0.2, 0.25) is 5.88 Å². The third kappa shape index (κ3) is 4.94. The van der Waals surface area contributed by atoms with Crippen LogP contribution in [0.25, 0.3) is 5.69 Å². The molecule has 1 heterocycles. The fourth-order valence-electron chi connectivity index (χ4n) is 4.06. The molecule has 0 aliphatic heterocycles. The minimum absolute atomic E-state index is 0.107. The second-order valence-corrected chi connectivity index (χ2v) is 8.56. The first kappa shape index (κ1) is 22.8. The molecule has 0 N–H and O–H groups in total. The molecule has 1 saturated carbocycles. The van der Waals surface area contributed by atoms with Crippen LogP contribution in [0.5, 0.6) is 11.6 Å². The largest absolute Gasteiger partial charge is 0.439 e. The highest BCUT2D eigenvalue weighted by molar-refractivity contribution is 5.94. The van der Waals surface area contributed by atoms with Crippen molar-refractivity contribution >= 4 is 5.91 Å². The monoisotopic (exact) mass is 473 g/mol. The highest BCUT2D eigenvalue weighted by atomic mass is 19.1. The summed E-state index contributed by atoms with van der Waals surface area (Å²) in [4.78, 5) is 15.2. The zero-order chi connectivity index (χ0) is 24.4. The third-order valence-corrected chi connectivity index (χ3v) is 6.05. The lowest BCUT2D eigenvalue weighted by molar-refractivity contribution is 0.0728. The molecule has 5 nitrogen and oxygen atoms in total. The number of aryl methyl sites for hydroxylation is 1. The van der Waals surface area contributed by atoms with Crippen molar-refractivity contribution in [3.8, 4) is 17.3 Å². The number of carbonyl (C=O) groups excluding carboxylic acids is 1. The summed E-state index contributed by atoms with van der Waals surface area (Å²) < 4.78 is 35.0. The number of aromatic nitrogens is 2. The van der Waals surface area contributed by atoms with Gasteiger partial charge in [-0.25, -0.2) is 13.5 Å². The first-order valence-electron chi connectivity index (χ1n) is 11.7. The van der Waals surface area contributed by atoms with Gasteiger partial charge < -0.3 is 9.64 Å². The van der Waals surface area contributed by atoms with Crippen molar-refractivity contribution in [1.29, 1.82) is 0 Å². The van der Waals surface area contributed by atoms with Gasteiger partial charge in [-0.15, -0.1) is 0 Å². The highest BCUT2D eigenvalue weighted by Crippen LogP contribution is 2.36. The normalized spacial score (nSPS) is 13.0. The topological polar surface area (TPSA) is 47.4 Å². The van der Waals surface area contributed by atoms with Gasteiger partial charge >= 0.3 is 0 Å². The van der Waals surface area contributed by atoms with Crippen molar-refractivity contribution < 1.29 is 18.3 Å². The number of hydrogen-bond acceptors (Lipinski definition) is 3. The Balaban J connectivity index is 1.57. The zero-order valence-electron chi connectivity index (χ0n) is 19.3. The molecular formula is C28H25F2N3O2. The van der Waals surface area contributed by atoms with Crippen molar-refractivity contribution in [2.75, 3.05) is 0 Å². The number of hydrogen-bond donors (Lipinski definition) is 0. The van der Waals surface area contributed by atoms with Crippen molar-refractivity contribution in [3.63, 3.8) is 0 Å². The van der Waals surface area contributed by atoms with E-state index in [4.69, 9.17) is 9.84 Å². The molecule has 178 valence electrons. The van der Waals surface area contributed by atoms with Crippen LogP contribution >= 0.6 is 0 Å². The average Bonchev–Trinajstić information content (AvgIpc) is 3.67. The van der Waals surface area contributed by atoms with Gasteiger partial charge in [0.05, 0.1) is 23.5 Å². The standard InChI is InChI=1S/C28H25F2N3O2/c1-2-26-25(18-32(22-16-17-22)27(34)19-8-10-20(29)11-9-19)28(35-24-6-4-3-5-7-24)33(31-26)23-14-12-21(30)13-15-23/h3-15,22H,2,16-18H2,1H3. The Labute approximate surface area is 202 Å². The Kier molecular flexibility index (Phi) is 6.31. The van der Waals surface area contributed by atoms with Gasteiger partial charge in [0, 0.05) is 11.6 Å². The Morgan fingerprint density at radius 3 is 2.20 bits per heavy atom. The van der Waals surface area contributed by atoms with Crippen LogP contribution in [0, 0.1) is 11.6 Å². The summed E-state index contributed by atoms with van der Waals surface area (Å²) in [6.07, 6.45) is 2.45. The van der Waals surface area contributed by atoms with Crippen LogP contribution in [0.15, 0.2) is 78.9 Å². The Hall–Kier alpha value is -4.00. The van der Waals surface area contributed by atoms with E-state index in [0.29, 0.717) is 35.8 Å². The van der Waals surface area contributed by atoms with E-state index in [1.165, 1.54) is 36.4 Å². The lowest BCUT2D eigenvalue weighted by Crippen LogP contribution is -2.33. The van der Waals surface area contributed by atoms with E-state index in [9.17, 15) is 13.6 Å². The van der Waals surface area contributed by atoms with E-state index in [1.807, 2.05) is 42.2 Å². The van der Waals surface area contributed by atoms with Gasteiger partial charge in [-0.2, -0.15) is 5.10 Å². The van der Waals surface area contributed by atoms with Gasteiger partial charge in [0.15, 0.2) is 0 Å². The molecule has 1 amide bonds. The van der Waals surface area contributed by atoms with E-state index >= 15 is 0 Å². The molecule has 0 bridgehead atoms. The van der Waals surface area contributed by atoms with Crippen molar-refractivity contribution in [2.24, 2.45) is 0 Å². The molecule has 1 fully saturated rings. The minimum Gasteiger partial charge on any atom is -0.439 e. The van der Waals surface area contributed by atoms with Crippen LogP contribution in [-0.2, 0) is 13.0 Å². The van der Waals surface area contributed by atoms with E-state index in [2.05, 4.69) is 0 Å². The molecule has 3 aromatic carbocycles. The summed E-state index contributed by atoms with van der Waals surface area (Å²) in [5.41, 5.74) is 2.68. The number of benzene rings is 3. The first-order chi connectivity index (χ1) is 17.0. The number of amides is 1. The lowest BCUT2D eigenvalue weighted by Gasteiger charge is -2.23. The maximum atomic E-state index is 13.6. The van der Waals surface area contributed by atoms with E-state index in [1.54, 1.807) is 16.8 Å². The van der Waals surface area contributed by atoms with Gasteiger partial charge in [-0.1, -0.05) is 25.1 Å². The summed E-state index contributed by atoms with van der Waals surface area (Å²) in [5.74, 6) is 0.230. The number of rotatable bonds is 8. The molecule has 5 rings (SSSR count). The summed E-state index contributed by atoms with van der Waals surface area (Å²) in [6, 6.07) is 21.1. The highest BCUT2D eigenvalue weighted by Gasteiger charge is 2.35. The molecule has 0 unspecified atom stereocenters. The summed E-state index contributed by atoms with van der Waals surface area (Å²) >= 11 is 0. The molecule has 1 aliphatic carbocycles. The van der Waals surface area contributed by atoms with Crippen LogP contribution in [0.2, 0.25) is 0 Å². The second kappa shape index (κ2) is 9.70. The average molecular weight is 474 g/mol. The van der Waals surface area contributed by atoms with Gasteiger partial charge in [0.1, 0.15) is 17.4 Å². The number of halogens is 2. The van der Waals surface area contributed by atoms with Crippen molar-refractivity contribution in [1.82, 2.24) is 14.7 Å². The third-order valence-electron chi connectivity index (χ3n) is 6.05. The minimum atomic E-state index is -0.382. The van der Waals surface area contributed by atoms with Gasteiger partial charge in [0.25, 0.3) is 5.91 Å². The Bertz CT molecular complexity index is 1320. The molecule has 7 heteroatoms. The summed E-state index contributed by atoms with van der Waals surface area (Å²) in [6.45, 7) is 2.30. The number of ether oxygens (including phenoxy) is 1. The maximum Gasteiger partial charge on any atom is 0.254 e. The predicted octanol–water partition coefficient (Wildman–Crippen LogP) is 6.31. The smallest absolute Gasteiger partial charge is 0.254 e. The predicted molar refractivity (Wildman–Crippen MR) is 129 cm³/mol. The Morgan fingerprint density at radius 1 is 0.971 bits per heavy atom. The van der Waals surface area contributed by atoms with Gasteiger partial charge in [-0.05, 0) is 79.9 Å². The quantitative estimate of drug-likeness (QED) is 0.301. The molecule has 1 aliphatic rings. The molecule has 35 heavy (non-hydrogen) atoms. The van der Waals surface area contributed by atoms with Crippen LogP contribution < -0.4 is 4.74 Å². The number of nitrogens with zero attached hydrogens (tertiary/aromatic N) is 3. The van der Waals surface area contributed by atoms with E-state index in [-0.39, 0.29) is 23.6 Å². The molecular weight excluding hydrogens is 448 g/mol. The van der Waals surface area contributed by atoms with E-state index in [0.717, 1.165) is 24.1 Å². The first-order valence-corrected chi connectivity index (χ1v) is 11.7. The summed E-state index contributed by atoms with van der Waals surface area (Å²) in [7, 11) is 0. The SMILES string of the molecule is CCc1nn(-c2ccc(F)cc2)c(Oc2ccccc2)c1CN(C(=O)c1ccc(F)cc1)C1CC1. The fraction of sp³-hybridized carbons (Fsp3) is 0.214. The van der Waals surface area contributed by atoms with E-state index < -0.39 is 0 Å². The van der Waals surface area contributed by atoms with Crippen LogP contribution in [0.3, 0.4) is 0 Å². The summed E-state index contributed by atoms with van der Waals surface area (Å²) in [5, 5.41) is 4.78. The van der Waals surface area contributed by atoms with Crippen LogP contribution in [0.1, 0.15) is 41.4 Å².